The molecule has 6 nitrogen and oxygen atoms in total. The summed E-state index contributed by atoms with van der Waals surface area (Å²) in [7, 11) is 5.90. The fourth-order valence-electron chi connectivity index (χ4n) is 3.25. The number of benzene rings is 1. The Kier molecular flexibility index (Phi) is 6.74. The van der Waals surface area contributed by atoms with Gasteiger partial charge < -0.3 is 19.9 Å². The lowest BCUT2D eigenvalue weighted by molar-refractivity contribution is 0.405. The van der Waals surface area contributed by atoms with Crippen LogP contribution in [0.4, 0.5) is 11.8 Å². The van der Waals surface area contributed by atoms with Crippen LogP contribution in [-0.4, -0.2) is 62.3 Å². The van der Waals surface area contributed by atoms with E-state index in [4.69, 9.17) is 14.7 Å². The van der Waals surface area contributed by atoms with E-state index < -0.39 is 0 Å². The van der Waals surface area contributed by atoms with Gasteiger partial charge in [0.25, 0.3) is 0 Å². The van der Waals surface area contributed by atoms with Gasteiger partial charge in [0.05, 0.1) is 16.2 Å². The number of ether oxygens (including phenoxy) is 1. The van der Waals surface area contributed by atoms with Gasteiger partial charge in [0.2, 0.25) is 5.95 Å². The number of hydrogen-bond donors (Lipinski definition) is 1. The quantitative estimate of drug-likeness (QED) is 0.494. The number of nitrogens with zero attached hydrogens (tertiary/aromatic N) is 4. The SMILES string of the molecule is COc1cc2c(NCCCN(C)C)nc(N3CCCCC3)nc2cc1I. The Morgan fingerprint density at radius 2 is 1.96 bits per heavy atom. The number of fused-ring (bicyclic) bond motifs is 1. The maximum atomic E-state index is 5.50. The van der Waals surface area contributed by atoms with Gasteiger partial charge in [-0.15, -0.1) is 0 Å². The first kappa shape index (κ1) is 19.4. The zero-order valence-electron chi connectivity index (χ0n) is 15.9. The van der Waals surface area contributed by atoms with Crippen molar-refractivity contribution in [3.63, 3.8) is 0 Å². The van der Waals surface area contributed by atoms with Crippen molar-refractivity contribution in [1.82, 2.24) is 14.9 Å². The molecule has 1 aromatic heterocycles. The third-order valence-corrected chi connectivity index (χ3v) is 5.51. The number of piperidine rings is 1. The molecule has 0 amide bonds. The Balaban J connectivity index is 1.93. The number of nitrogens with one attached hydrogen (secondary N) is 1. The molecule has 1 aromatic carbocycles. The maximum Gasteiger partial charge on any atom is 0.227 e. The normalized spacial score (nSPS) is 14.9. The molecular formula is C19H28IN5O. The van der Waals surface area contributed by atoms with Crippen molar-refractivity contribution in [3.8, 4) is 5.75 Å². The molecule has 0 radical (unpaired) electrons. The minimum absolute atomic E-state index is 0.841. The molecule has 0 saturated carbocycles. The Bertz CT molecular complexity index is 746. The van der Waals surface area contributed by atoms with Gasteiger partial charge in [-0.3, -0.25) is 0 Å². The average molecular weight is 469 g/mol. The van der Waals surface area contributed by atoms with Gasteiger partial charge in [-0.1, -0.05) is 0 Å². The van der Waals surface area contributed by atoms with Crippen LogP contribution in [-0.2, 0) is 0 Å². The average Bonchev–Trinajstić information content (AvgIpc) is 2.64. The first-order chi connectivity index (χ1) is 12.6. The van der Waals surface area contributed by atoms with Crippen LogP contribution in [0.5, 0.6) is 5.75 Å². The molecule has 0 atom stereocenters. The first-order valence-corrected chi connectivity index (χ1v) is 10.3. The molecule has 0 spiro atoms. The first-order valence-electron chi connectivity index (χ1n) is 9.27. The predicted molar refractivity (Wildman–Crippen MR) is 117 cm³/mol. The number of halogens is 1. The van der Waals surface area contributed by atoms with Gasteiger partial charge in [-0.05, 0) is 81.0 Å². The minimum Gasteiger partial charge on any atom is -0.496 e. The van der Waals surface area contributed by atoms with E-state index >= 15 is 0 Å². The Labute approximate surface area is 169 Å². The third-order valence-electron chi connectivity index (χ3n) is 4.67. The number of aromatic nitrogens is 2. The van der Waals surface area contributed by atoms with E-state index in [2.05, 4.69) is 57.9 Å². The zero-order chi connectivity index (χ0) is 18.5. The summed E-state index contributed by atoms with van der Waals surface area (Å²) in [5.41, 5.74) is 0.973. The fourth-order valence-corrected chi connectivity index (χ4v) is 3.92. The summed E-state index contributed by atoms with van der Waals surface area (Å²) in [6.45, 7) is 4.02. The molecule has 7 heteroatoms. The van der Waals surface area contributed by atoms with Crippen molar-refractivity contribution in [1.29, 1.82) is 0 Å². The molecule has 2 aromatic rings. The molecule has 142 valence electrons. The molecule has 26 heavy (non-hydrogen) atoms. The summed E-state index contributed by atoms with van der Waals surface area (Å²) < 4.78 is 6.57. The molecule has 0 unspecified atom stereocenters. The molecule has 1 aliphatic heterocycles. The van der Waals surface area contributed by atoms with Crippen LogP contribution in [0.3, 0.4) is 0 Å². The second-order valence-corrected chi connectivity index (χ2v) is 8.17. The van der Waals surface area contributed by atoms with Crippen LogP contribution in [0, 0.1) is 3.57 Å². The van der Waals surface area contributed by atoms with Crippen LogP contribution in [0.2, 0.25) is 0 Å². The highest BCUT2D eigenvalue weighted by Gasteiger charge is 2.17. The topological polar surface area (TPSA) is 53.5 Å². The lowest BCUT2D eigenvalue weighted by Gasteiger charge is -2.27. The van der Waals surface area contributed by atoms with Crippen molar-refractivity contribution in [2.45, 2.75) is 25.7 Å². The Morgan fingerprint density at radius 3 is 2.65 bits per heavy atom. The predicted octanol–water partition coefficient (Wildman–Crippen LogP) is 3.60. The van der Waals surface area contributed by atoms with Crippen molar-refractivity contribution >= 4 is 45.3 Å². The smallest absolute Gasteiger partial charge is 0.227 e. The highest BCUT2D eigenvalue weighted by atomic mass is 127. The largest absolute Gasteiger partial charge is 0.496 e. The van der Waals surface area contributed by atoms with Gasteiger partial charge in [0.15, 0.2) is 0 Å². The van der Waals surface area contributed by atoms with Gasteiger partial charge >= 0.3 is 0 Å². The summed E-state index contributed by atoms with van der Waals surface area (Å²) in [4.78, 5) is 14.2. The second kappa shape index (κ2) is 9.03. The molecule has 0 bridgehead atoms. The van der Waals surface area contributed by atoms with E-state index in [9.17, 15) is 0 Å². The molecule has 1 saturated heterocycles. The summed E-state index contributed by atoms with van der Waals surface area (Å²) in [6, 6.07) is 4.14. The van der Waals surface area contributed by atoms with Gasteiger partial charge in [-0.2, -0.15) is 4.98 Å². The van der Waals surface area contributed by atoms with E-state index in [1.54, 1.807) is 7.11 Å². The molecule has 1 aliphatic rings. The third kappa shape index (κ3) is 4.68. The standard InChI is InChI=1S/C19H28IN5O/c1-24(2)9-7-8-21-18-14-12-17(26-3)15(20)13-16(14)22-19(23-18)25-10-5-4-6-11-25/h12-13H,4-11H2,1-3H3,(H,21,22,23). The van der Waals surface area contributed by atoms with Crippen molar-refractivity contribution in [2.75, 3.05) is 57.6 Å². The summed E-state index contributed by atoms with van der Waals surface area (Å²) in [5, 5.41) is 4.55. The van der Waals surface area contributed by atoms with E-state index in [1.165, 1.54) is 19.3 Å². The van der Waals surface area contributed by atoms with Crippen LogP contribution < -0.4 is 15.0 Å². The zero-order valence-corrected chi connectivity index (χ0v) is 18.0. The van der Waals surface area contributed by atoms with Crippen LogP contribution in [0.25, 0.3) is 10.9 Å². The number of rotatable bonds is 7. The van der Waals surface area contributed by atoms with E-state index in [-0.39, 0.29) is 0 Å². The van der Waals surface area contributed by atoms with Crippen molar-refractivity contribution < 1.29 is 4.74 Å². The van der Waals surface area contributed by atoms with Gasteiger partial charge in [0.1, 0.15) is 11.6 Å². The monoisotopic (exact) mass is 469 g/mol. The lowest BCUT2D eigenvalue weighted by atomic mass is 10.1. The molecule has 2 heterocycles. The van der Waals surface area contributed by atoms with Crippen LogP contribution in [0.15, 0.2) is 12.1 Å². The van der Waals surface area contributed by atoms with E-state index in [0.717, 1.165) is 64.6 Å². The Morgan fingerprint density at radius 1 is 1.19 bits per heavy atom. The van der Waals surface area contributed by atoms with Crippen molar-refractivity contribution in [2.24, 2.45) is 0 Å². The van der Waals surface area contributed by atoms with E-state index in [1.807, 2.05) is 6.07 Å². The van der Waals surface area contributed by atoms with Gasteiger partial charge in [-0.25, -0.2) is 4.98 Å². The summed E-state index contributed by atoms with van der Waals surface area (Å²) in [6.07, 6.45) is 4.80. The number of anilines is 2. The van der Waals surface area contributed by atoms with E-state index in [0.29, 0.717) is 0 Å². The molecule has 0 aliphatic carbocycles. The molecule has 1 fully saturated rings. The van der Waals surface area contributed by atoms with Crippen LogP contribution in [0.1, 0.15) is 25.7 Å². The Hall–Kier alpha value is -1.35. The number of hydrogen-bond acceptors (Lipinski definition) is 6. The summed E-state index contributed by atoms with van der Waals surface area (Å²) in [5.74, 6) is 2.61. The fraction of sp³-hybridized carbons (Fsp3) is 0.579. The van der Waals surface area contributed by atoms with Crippen molar-refractivity contribution in [3.05, 3.63) is 15.7 Å². The molecule has 3 rings (SSSR count). The number of methoxy groups -OCH3 is 1. The van der Waals surface area contributed by atoms with Gasteiger partial charge in [0, 0.05) is 25.0 Å². The molecule has 1 N–H and O–H groups in total. The minimum atomic E-state index is 0.841. The highest BCUT2D eigenvalue weighted by Crippen LogP contribution is 2.31. The van der Waals surface area contributed by atoms with Crippen LogP contribution >= 0.6 is 22.6 Å². The lowest BCUT2D eigenvalue weighted by Crippen LogP contribution is -2.31. The maximum absolute atomic E-state index is 5.50. The molecular weight excluding hydrogens is 441 g/mol. The highest BCUT2D eigenvalue weighted by molar-refractivity contribution is 14.1. The second-order valence-electron chi connectivity index (χ2n) is 7.01. The summed E-state index contributed by atoms with van der Waals surface area (Å²) >= 11 is 2.30.